The molecule has 0 spiro atoms. The Balaban J connectivity index is 1.65. The Labute approximate surface area is 181 Å². The number of aryl methyl sites for hydroxylation is 2. The molecule has 4 aromatic rings. The third-order valence-corrected chi connectivity index (χ3v) is 6.62. The first kappa shape index (κ1) is 19.6. The van der Waals surface area contributed by atoms with Gasteiger partial charge in [0.1, 0.15) is 5.52 Å². The summed E-state index contributed by atoms with van der Waals surface area (Å²) in [6.45, 7) is 2.50. The highest BCUT2D eigenvalue weighted by atomic mass is 16.2. The van der Waals surface area contributed by atoms with E-state index in [1.807, 2.05) is 71.6 Å². The van der Waals surface area contributed by atoms with Gasteiger partial charge in [-0.1, -0.05) is 60.9 Å². The van der Waals surface area contributed by atoms with Gasteiger partial charge in [0, 0.05) is 42.1 Å². The van der Waals surface area contributed by atoms with Crippen molar-refractivity contribution in [1.29, 1.82) is 0 Å². The van der Waals surface area contributed by atoms with Gasteiger partial charge >= 0.3 is 0 Å². The largest absolute Gasteiger partial charge is 0.348 e. The van der Waals surface area contributed by atoms with Gasteiger partial charge < -0.3 is 14.5 Å². The molecule has 0 atom stereocenters. The third kappa shape index (κ3) is 3.34. The Hall–Kier alpha value is -3.34. The smallest absolute Gasteiger partial charge is 0.275 e. The minimum atomic E-state index is -0.145. The van der Waals surface area contributed by atoms with E-state index in [0.29, 0.717) is 17.6 Å². The third-order valence-electron chi connectivity index (χ3n) is 6.62. The lowest BCUT2D eigenvalue weighted by molar-refractivity contribution is 0.0951. The fourth-order valence-electron chi connectivity index (χ4n) is 4.91. The second kappa shape index (κ2) is 7.73. The number of para-hydroxylation sites is 1. The van der Waals surface area contributed by atoms with Gasteiger partial charge in [-0.15, -0.1) is 0 Å². The number of hydrogen-bond acceptors (Lipinski definition) is 2. The van der Waals surface area contributed by atoms with Crippen molar-refractivity contribution in [2.75, 3.05) is 0 Å². The fraction of sp³-hybridized carbons (Fsp3) is 0.308. The highest BCUT2D eigenvalue weighted by Crippen LogP contribution is 2.33. The van der Waals surface area contributed by atoms with E-state index in [4.69, 9.17) is 0 Å². The topological polar surface area (TPSA) is 56.0 Å². The summed E-state index contributed by atoms with van der Waals surface area (Å²) in [5, 5.41) is 4.76. The van der Waals surface area contributed by atoms with Gasteiger partial charge in [-0.3, -0.25) is 9.59 Å². The summed E-state index contributed by atoms with van der Waals surface area (Å²) in [6.07, 6.45) is 6.02. The van der Waals surface area contributed by atoms with Crippen LogP contribution >= 0.6 is 0 Å². The van der Waals surface area contributed by atoms with Crippen molar-refractivity contribution in [3.8, 4) is 0 Å². The van der Waals surface area contributed by atoms with Crippen LogP contribution in [-0.2, 0) is 13.6 Å². The molecule has 0 saturated heterocycles. The number of pyridine rings is 1. The molecule has 1 aliphatic carbocycles. The Morgan fingerprint density at radius 1 is 1.06 bits per heavy atom. The Kier molecular flexibility index (Phi) is 4.89. The van der Waals surface area contributed by atoms with E-state index < -0.39 is 0 Å². The minimum absolute atomic E-state index is 0.00400. The Morgan fingerprint density at radius 3 is 2.52 bits per heavy atom. The van der Waals surface area contributed by atoms with Crippen molar-refractivity contribution < 1.29 is 4.79 Å². The number of amides is 1. The molecule has 1 N–H and O–H groups in total. The molecule has 1 fully saturated rings. The van der Waals surface area contributed by atoms with Crippen LogP contribution < -0.4 is 10.9 Å². The lowest BCUT2D eigenvalue weighted by Gasteiger charge is -2.16. The average Bonchev–Trinajstić information content (AvgIpc) is 3.41. The number of fused-ring (bicyclic) bond motifs is 3. The zero-order chi connectivity index (χ0) is 21.5. The van der Waals surface area contributed by atoms with E-state index in [1.54, 1.807) is 6.20 Å². The van der Waals surface area contributed by atoms with Crippen molar-refractivity contribution in [3.63, 3.8) is 0 Å². The maximum Gasteiger partial charge on any atom is 0.275 e. The maximum atomic E-state index is 13.5. The number of nitrogens with zero attached hydrogens (tertiary/aromatic N) is 2. The number of hydrogen-bond donors (Lipinski definition) is 1. The molecule has 31 heavy (non-hydrogen) atoms. The average molecular weight is 414 g/mol. The zero-order valence-electron chi connectivity index (χ0n) is 18.0. The van der Waals surface area contributed by atoms with E-state index in [1.165, 1.54) is 5.56 Å². The molecule has 5 nitrogen and oxygen atoms in total. The highest BCUT2D eigenvalue weighted by molar-refractivity contribution is 6.17. The number of carbonyl (C=O) groups is 1. The maximum absolute atomic E-state index is 13.5. The predicted octanol–water partition coefficient (Wildman–Crippen LogP) is 4.85. The van der Waals surface area contributed by atoms with Gasteiger partial charge in [0.05, 0.1) is 5.56 Å². The molecule has 1 amide bonds. The lowest BCUT2D eigenvalue weighted by atomic mass is 10.1. The molecular weight excluding hydrogens is 386 g/mol. The molecule has 1 aliphatic rings. The predicted molar refractivity (Wildman–Crippen MR) is 125 cm³/mol. The molecule has 2 aromatic heterocycles. The summed E-state index contributed by atoms with van der Waals surface area (Å²) in [5.41, 5.74) is 4.39. The first-order chi connectivity index (χ1) is 15.0. The Morgan fingerprint density at radius 2 is 1.77 bits per heavy atom. The fourth-order valence-corrected chi connectivity index (χ4v) is 4.91. The quantitative estimate of drug-likeness (QED) is 0.520. The second-order valence-corrected chi connectivity index (χ2v) is 8.66. The van der Waals surface area contributed by atoms with Crippen LogP contribution in [0.4, 0.5) is 0 Å². The van der Waals surface area contributed by atoms with Crippen LogP contribution in [-0.4, -0.2) is 15.0 Å². The van der Waals surface area contributed by atoms with Crippen LogP contribution in [0.25, 0.3) is 21.8 Å². The van der Waals surface area contributed by atoms with Crippen molar-refractivity contribution >= 4 is 27.7 Å². The summed E-state index contributed by atoms with van der Waals surface area (Å²) >= 11 is 0. The van der Waals surface area contributed by atoms with E-state index in [2.05, 4.69) is 5.32 Å². The SMILES string of the molecule is Cc1ccc(CNC(=O)c2cn(C3CCCC3)c(=O)c3c2c2ccccc2n3C)cc1. The second-order valence-electron chi connectivity index (χ2n) is 8.66. The summed E-state index contributed by atoms with van der Waals surface area (Å²) in [5.74, 6) is -0.145. The molecule has 2 aromatic carbocycles. The molecular formula is C26H27N3O2. The van der Waals surface area contributed by atoms with Crippen LogP contribution in [0.15, 0.2) is 59.5 Å². The molecule has 5 rings (SSSR count). The van der Waals surface area contributed by atoms with Crippen molar-refractivity contribution in [2.45, 2.75) is 45.2 Å². The standard InChI is InChI=1S/C26H27N3O2/c1-17-11-13-18(14-12-17)15-27-25(30)21-16-29(19-7-3-4-8-19)26(31)24-23(21)20-9-5-6-10-22(20)28(24)2/h5-6,9-14,16,19H,3-4,7-8,15H2,1-2H3,(H,27,30). The van der Waals surface area contributed by atoms with E-state index in [9.17, 15) is 9.59 Å². The molecule has 5 heteroatoms. The van der Waals surface area contributed by atoms with Gasteiger partial charge in [0.15, 0.2) is 0 Å². The van der Waals surface area contributed by atoms with Crippen LogP contribution in [0.1, 0.15) is 53.2 Å². The molecule has 1 saturated carbocycles. The Bertz CT molecular complexity index is 1340. The van der Waals surface area contributed by atoms with Gasteiger partial charge in [0.25, 0.3) is 11.5 Å². The molecule has 0 bridgehead atoms. The number of carbonyl (C=O) groups excluding carboxylic acids is 1. The van der Waals surface area contributed by atoms with Gasteiger partial charge in [0.2, 0.25) is 0 Å². The van der Waals surface area contributed by atoms with Crippen LogP contribution in [0.3, 0.4) is 0 Å². The van der Waals surface area contributed by atoms with Crippen molar-refractivity contribution in [2.24, 2.45) is 7.05 Å². The minimum Gasteiger partial charge on any atom is -0.348 e. The van der Waals surface area contributed by atoms with Gasteiger partial charge in [-0.2, -0.15) is 0 Å². The van der Waals surface area contributed by atoms with Crippen molar-refractivity contribution in [3.05, 3.63) is 81.8 Å². The van der Waals surface area contributed by atoms with Crippen LogP contribution in [0, 0.1) is 6.92 Å². The summed E-state index contributed by atoms with van der Waals surface area (Å²) in [7, 11) is 1.92. The van der Waals surface area contributed by atoms with Crippen LogP contribution in [0.2, 0.25) is 0 Å². The van der Waals surface area contributed by atoms with Crippen LogP contribution in [0.5, 0.6) is 0 Å². The number of aromatic nitrogens is 2. The molecule has 0 aliphatic heterocycles. The number of benzene rings is 2. The molecule has 158 valence electrons. The summed E-state index contributed by atoms with van der Waals surface area (Å²) in [4.78, 5) is 26.9. The van der Waals surface area contributed by atoms with Gasteiger partial charge in [-0.25, -0.2) is 0 Å². The van der Waals surface area contributed by atoms with E-state index in [0.717, 1.165) is 47.5 Å². The first-order valence-corrected chi connectivity index (χ1v) is 11.0. The highest BCUT2D eigenvalue weighted by Gasteiger charge is 2.25. The van der Waals surface area contributed by atoms with Crippen molar-refractivity contribution in [1.82, 2.24) is 14.5 Å². The number of rotatable bonds is 4. The van der Waals surface area contributed by atoms with Gasteiger partial charge in [-0.05, 0) is 31.4 Å². The number of nitrogens with one attached hydrogen (secondary N) is 1. The van der Waals surface area contributed by atoms with E-state index >= 15 is 0 Å². The first-order valence-electron chi connectivity index (χ1n) is 11.0. The summed E-state index contributed by atoms with van der Waals surface area (Å²) in [6, 6.07) is 16.2. The molecule has 0 unspecified atom stereocenters. The van der Waals surface area contributed by atoms with E-state index in [-0.39, 0.29) is 17.5 Å². The normalized spacial score (nSPS) is 14.5. The summed E-state index contributed by atoms with van der Waals surface area (Å²) < 4.78 is 3.75. The monoisotopic (exact) mass is 413 g/mol. The molecule has 2 heterocycles. The lowest BCUT2D eigenvalue weighted by Crippen LogP contribution is -2.29. The zero-order valence-corrected chi connectivity index (χ0v) is 18.0. The molecule has 0 radical (unpaired) electrons.